The molecule has 1 unspecified atom stereocenters. The molecule has 0 aromatic carbocycles. The van der Waals surface area contributed by atoms with Gasteiger partial charge in [-0.2, -0.15) is 13.2 Å². The molecule has 0 saturated heterocycles. The lowest BCUT2D eigenvalue weighted by molar-refractivity contribution is -0.141. The van der Waals surface area contributed by atoms with E-state index in [0.29, 0.717) is 6.07 Å². The number of hydrogen-bond donors (Lipinski definition) is 2. The van der Waals surface area contributed by atoms with Crippen molar-refractivity contribution in [2.75, 3.05) is 5.32 Å². The molecule has 1 amide bonds. The van der Waals surface area contributed by atoms with Gasteiger partial charge in [-0.1, -0.05) is 0 Å². The number of carbonyl (C=O) groups excluding carboxylic acids is 1. The fourth-order valence-electron chi connectivity index (χ4n) is 1.40. The maximum Gasteiger partial charge on any atom is 0.433 e. The van der Waals surface area contributed by atoms with Gasteiger partial charge in [-0.05, 0) is 39.3 Å². The van der Waals surface area contributed by atoms with E-state index in [1.165, 1.54) is 6.92 Å². The number of rotatable bonds is 3. The summed E-state index contributed by atoms with van der Waals surface area (Å²) in [7, 11) is 0. The Kier molecular flexibility index (Phi) is 5.03. The quantitative estimate of drug-likeness (QED) is 0.839. The van der Waals surface area contributed by atoms with Crippen molar-refractivity contribution in [3.05, 3.63) is 17.0 Å². The zero-order valence-electron chi connectivity index (χ0n) is 12.0. The third kappa shape index (κ3) is 5.74. The van der Waals surface area contributed by atoms with Crippen LogP contribution in [0.3, 0.4) is 0 Å². The lowest BCUT2D eigenvalue weighted by atomic mass is 10.1. The van der Waals surface area contributed by atoms with Crippen LogP contribution in [0, 0.1) is 0 Å². The van der Waals surface area contributed by atoms with E-state index in [1.54, 1.807) is 20.8 Å². The summed E-state index contributed by atoms with van der Waals surface area (Å²) >= 11 is 5.46. The van der Waals surface area contributed by atoms with Gasteiger partial charge in [0.25, 0.3) is 0 Å². The molecule has 1 heterocycles. The van der Waals surface area contributed by atoms with Gasteiger partial charge in [0.15, 0.2) is 5.69 Å². The van der Waals surface area contributed by atoms with Crippen molar-refractivity contribution in [1.29, 1.82) is 0 Å². The molecule has 0 bridgehead atoms. The minimum Gasteiger partial charge on any atom is -0.358 e. The SMILES string of the molecule is CC(Nc1cc(C(F)(F)F)nc(Cl)n1)C(=O)NC(C)(C)C. The van der Waals surface area contributed by atoms with Gasteiger partial charge < -0.3 is 10.6 Å². The minimum atomic E-state index is -4.64. The summed E-state index contributed by atoms with van der Waals surface area (Å²) in [6.07, 6.45) is -4.64. The molecule has 9 heteroatoms. The molecular formula is C12H16ClF3N4O. The van der Waals surface area contributed by atoms with E-state index in [4.69, 9.17) is 11.6 Å². The van der Waals surface area contributed by atoms with Crippen LogP contribution in [0.4, 0.5) is 19.0 Å². The lowest BCUT2D eigenvalue weighted by Gasteiger charge is -2.24. The summed E-state index contributed by atoms with van der Waals surface area (Å²) in [5, 5.41) is 4.72. The number of aromatic nitrogens is 2. The number of amides is 1. The van der Waals surface area contributed by atoms with Crippen LogP contribution < -0.4 is 10.6 Å². The maximum atomic E-state index is 12.6. The molecular weight excluding hydrogens is 309 g/mol. The monoisotopic (exact) mass is 324 g/mol. The largest absolute Gasteiger partial charge is 0.433 e. The molecule has 0 aliphatic carbocycles. The van der Waals surface area contributed by atoms with Gasteiger partial charge >= 0.3 is 6.18 Å². The molecule has 0 spiro atoms. The van der Waals surface area contributed by atoms with Crippen molar-refractivity contribution in [2.24, 2.45) is 0 Å². The standard InChI is InChI=1S/C12H16ClF3N4O/c1-6(9(21)20-11(2,3)4)17-8-5-7(12(14,15)16)18-10(13)19-8/h5-6H,1-4H3,(H,20,21)(H,17,18,19). The summed E-state index contributed by atoms with van der Waals surface area (Å²) in [5.41, 5.74) is -1.62. The first-order chi connectivity index (χ1) is 9.38. The second kappa shape index (κ2) is 6.05. The number of alkyl halides is 3. The first-order valence-electron chi connectivity index (χ1n) is 6.09. The Morgan fingerprint density at radius 3 is 2.33 bits per heavy atom. The minimum absolute atomic E-state index is 0.168. The van der Waals surface area contributed by atoms with Gasteiger partial charge in [-0.3, -0.25) is 4.79 Å². The number of carbonyl (C=O) groups is 1. The van der Waals surface area contributed by atoms with Gasteiger partial charge in [0, 0.05) is 11.6 Å². The molecule has 1 rings (SSSR count). The van der Waals surface area contributed by atoms with E-state index in [-0.39, 0.29) is 11.7 Å². The van der Waals surface area contributed by atoms with Crippen LogP contribution in [0.2, 0.25) is 5.28 Å². The van der Waals surface area contributed by atoms with Crippen LogP contribution in [0.15, 0.2) is 6.07 Å². The smallest absolute Gasteiger partial charge is 0.358 e. The highest BCUT2D eigenvalue weighted by atomic mass is 35.5. The summed E-state index contributed by atoms with van der Waals surface area (Å²) in [4.78, 5) is 18.6. The third-order valence-corrected chi connectivity index (χ3v) is 2.41. The molecule has 1 aromatic heterocycles. The van der Waals surface area contributed by atoms with Crippen LogP contribution >= 0.6 is 11.6 Å². The fraction of sp³-hybridized carbons (Fsp3) is 0.583. The van der Waals surface area contributed by atoms with Crippen molar-refractivity contribution in [3.63, 3.8) is 0 Å². The summed E-state index contributed by atoms with van der Waals surface area (Å²) in [6.45, 7) is 6.88. The van der Waals surface area contributed by atoms with Crippen molar-refractivity contribution < 1.29 is 18.0 Å². The van der Waals surface area contributed by atoms with E-state index >= 15 is 0 Å². The number of anilines is 1. The first kappa shape index (κ1) is 17.5. The number of hydrogen-bond acceptors (Lipinski definition) is 4. The highest BCUT2D eigenvalue weighted by molar-refractivity contribution is 6.28. The number of halogens is 4. The van der Waals surface area contributed by atoms with Crippen LogP contribution in [-0.4, -0.2) is 27.5 Å². The van der Waals surface area contributed by atoms with Crippen LogP contribution in [0.5, 0.6) is 0 Å². The van der Waals surface area contributed by atoms with Crippen LogP contribution in [-0.2, 0) is 11.0 Å². The molecule has 21 heavy (non-hydrogen) atoms. The Balaban J connectivity index is 2.88. The topological polar surface area (TPSA) is 66.9 Å². The second-order valence-electron chi connectivity index (χ2n) is 5.51. The molecule has 0 radical (unpaired) electrons. The van der Waals surface area contributed by atoms with E-state index in [2.05, 4.69) is 20.6 Å². The number of nitrogens with zero attached hydrogens (tertiary/aromatic N) is 2. The molecule has 5 nitrogen and oxygen atoms in total. The Bertz CT molecular complexity index is 528. The normalized spacial score (nSPS) is 13.7. The van der Waals surface area contributed by atoms with Crippen LogP contribution in [0.25, 0.3) is 0 Å². The molecule has 1 aromatic rings. The summed E-state index contributed by atoms with van der Waals surface area (Å²) in [6, 6.07) is -0.0801. The Morgan fingerprint density at radius 2 is 1.86 bits per heavy atom. The fourth-order valence-corrected chi connectivity index (χ4v) is 1.58. The number of nitrogens with one attached hydrogen (secondary N) is 2. The van der Waals surface area contributed by atoms with Crippen molar-refractivity contribution in [1.82, 2.24) is 15.3 Å². The Hall–Kier alpha value is -1.57. The van der Waals surface area contributed by atoms with E-state index in [0.717, 1.165) is 0 Å². The van der Waals surface area contributed by atoms with Gasteiger partial charge in [-0.25, -0.2) is 9.97 Å². The predicted molar refractivity (Wildman–Crippen MR) is 73.0 cm³/mol. The predicted octanol–water partition coefficient (Wildman–Crippen LogP) is 2.86. The Labute approximate surface area is 125 Å². The zero-order chi connectivity index (χ0) is 16.4. The summed E-state index contributed by atoms with van der Waals surface area (Å²) < 4.78 is 37.8. The molecule has 0 aliphatic heterocycles. The molecule has 118 valence electrons. The molecule has 0 saturated carbocycles. The van der Waals surface area contributed by atoms with Crippen molar-refractivity contribution in [2.45, 2.75) is 45.5 Å². The lowest BCUT2D eigenvalue weighted by Crippen LogP contribution is -2.47. The van der Waals surface area contributed by atoms with Crippen LogP contribution in [0.1, 0.15) is 33.4 Å². The highest BCUT2D eigenvalue weighted by Gasteiger charge is 2.34. The van der Waals surface area contributed by atoms with Gasteiger partial charge in [-0.15, -0.1) is 0 Å². The first-order valence-corrected chi connectivity index (χ1v) is 6.46. The maximum absolute atomic E-state index is 12.6. The zero-order valence-corrected chi connectivity index (χ0v) is 12.7. The average molecular weight is 325 g/mol. The van der Waals surface area contributed by atoms with Gasteiger partial charge in [0.05, 0.1) is 0 Å². The van der Waals surface area contributed by atoms with Crippen molar-refractivity contribution >= 4 is 23.3 Å². The van der Waals surface area contributed by atoms with E-state index in [9.17, 15) is 18.0 Å². The highest BCUT2D eigenvalue weighted by Crippen LogP contribution is 2.29. The average Bonchev–Trinajstić information content (AvgIpc) is 2.24. The molecule has 2 N–H and O–H groups in total. The van der Waals surface area contributed by atoms with E-state index in [1.807, 2.05) is 0 Å². The van der Waals surface area contributed by atoms with Gasteiger partial charge in [0.1, 0.15) is 11.9 Å². The molecule has 0 fully saturated rings. The van der Waals surface area contributed by atoms with Crippen molar-refractivity contribution in [3.8, 4) is 0 Å². The molecule has 1 atom stereocenters. The summed E-state index contributed by atoms with van der Waals surface area (Å²) in [5.74, 6) is -0.537. The van der Waals surface area contributed by atoms with Gasteiger partial charge in [0.2, 0.25) is 11.2 Å². The second-order valence-corrected chi connectivity index (χ2v) is 5.85. The third-order valence-electron chi connectivity index (χ3n) is 2.25. The van der Waals surface area contributed by atoms with E-state index < -0.39 is 28.7 Å². The Morgan fingerprint density at radius 1 is 1.29 bits per heavy atom. The molecule has 0 aliphatic rings.